The third kappa shape index (κ3) is 3.40. The van der Waals surface area contributed by atoms with Gasteiger partial charge in [-0.25, -0.2) is 0 Å². The number of rotatable bonds is 3. The molecule has 1 saturated heterocycles. The van der Waals surface area contributed by atoms with E-state index in [1.807, 2.05) is 4.90 Å². The molecule has 0 unspecified atom stereocenters. The fraction of sp³-hybridized carbons (Fsp3) is 0.727. The van der Waals surface area contributed by atoms with Gasteiger partial charge in [-0.3, -0.25) is 4.79 Å². The van der Waals surface area contributed by atoms with Crippen molar-refractivity contribution >= 4 is 28.8 Å². The van der Waals surface area contributed by atoms with Gasteiger partial charge >= 0.3 is 0 Å². The van der Waals surface area contributed by atoms with E-state index >= 15 is 0 Å². The summed E-state index contributed by atoms with van der Waals surface area (Å²) in [7, 11) is 4.17. The van der Waals surface area contributed by atoms with Crippen LogP contribution in [0.2, 0.25) is 4.47 Å². The predicted molar refractivity (Wildman–Crippen MR) is 72.1 cm³/mol. The molecule has 100 valence electrons. The van der Waals surface area contributed by atoms with Gasteiger partial charge in [0.05, 0.1) is 0 Å². The third-order valence-corrected chi connectivity index (χ3v) is 4.12. The molecule has 0 spiro atoms. The van der Waals surface area contributed by atoms with E-state index < -0.39 is 0 Å². The number of piperidine rings is 1. The number of likely N-dealkylation sites (tertiary alicyclic amines) is 1. The van der Waals surface area contributed by atoms with Crippen molar-refractivity contribution in [3.63, 3.8) is 0 Å². The highest BCUT2D eigenvalue weighted by atomic mass is 35.5. The smallest absolute Gasteiger partial charge is 0.284 e. The van der Waals surface area contributed by atoms with Gasteiger partial charge in [0, 0.05) is 19.6 Å². The lowest BCUT2D eigenvalue weighted by Gasteiger charge is -2.32. The summed E-state index contributed by atoms with van der Waals surface area (Å²) < 4.78 is 0.320. The first-order chi connectivity index (χ1) is 8.56. The first kappa shape index (κ1) is 13.7. The van der Waals surface area contributed by atoms with E-state index in [9.17, 15) is 4.79 Å². The van der Waals surface area contributed by atoms with Crippen molar-refractivity contribution in [2.24, 2.45) is 5.92 Å². The number of hydrogen-bond acceptors (Lipinski definition) is 5. The number of amides is 1. The zero-order valence-corrected chi connectivity index (χ0v) is 12.2. The summed E-state index contributed by atoms with van der Waals surface area (Å²) in [6.07, 6.45) is 2.10. The quantitative estimate of drug-likeness (QED) is 0.848. The van der Waals surface area contributed by atoms with Crippen LogP contribution in [0.25, 0.3) is 0 Å². The number of hydrogen-bond donors (Lipinski definition) is 0. The Morgan fingerprint density at radius 3 is 2.61 bits per heavy atom. The van der Waals surface area contributed by atoms with Gasteiger partial charge in [0.1, 0.15) is 0 Å². The van der Waals surface area contributed by atoms with Crippen LogP contribution < -0.4 is 0 Å². The van der Waals surface area contributed by atoms with Gasteiger partial charge in [0.15, 0.2) is 0 Å². The third-order valence-electron chi connectivity index (χ3n) is 3.11. The van der Waals surface area contributed by atoms with E-state index in [-0.39, 0.29) is 5.91 Å². The minimum absolute atomic E-state index is 0.0392. The Hall–Kier alpha value is -0.720. The maximum absolute atomic E-state index is 12.1. The number of aromatic nitrogens is 2. The summed E-state index contributed by atoms with van der Waals surface area (Å²) in [6, 6.07) is 0. The number of carbonyl (C=O) groups is 1. The molecule has 0 radical (unpaired) electrons. The fourth-order valence-corrected chi connectivity index (χ4v) is 3.06. The lowest BCUT2D eigenvalue weighted by Crippen LogP contribution is -2.40. The van der Waals surface area contributed by atoms with Crippen LogP contribution in [-0.2, 0) is 0 Å². The van der Waals surface area contributed by atoms with Crippen LogP contribution in [0.15, 0.2) is 0 Å². The average molecular weight is 289 g/mol. The van der Waals surface area contributed by atoms with Crippen molar-refractivity contribution in [2.45, 2.75) is 12.8 Å². The van der Waals surface area contributed by atoms with E-state index in [1.165, 1.54) is 0 Å². The highest BCUT2D eigenvalue weighted by Crippen LogP contribution is 2.22. The zero-order chi connectivity index (χ0) is 13.1. The minimum atomic E-state index is -0.0392. The summed E-state index contributed by atoms with van der Waals surface area (Å²) in [4.78, 5) is 16.2. The largest absolute Gasteiger partial charge is 0.337 e. The van der Waals surface area contributed by atoms with Crippen LogP contribution in [0.3, 0.4) is 0 Å². The SMILES string of the molecule is CN(C)CC1CCN(C(=O)c2nnc(Cl)s2)CC1. The van der Waals surface area contributed by atoms with Gasteiger partial charge in [-0.05, 0) is 44.5 Å². The van der Waals surface area contributed by atoms with E-state index in [2.05, 4.69) is 29.2 Å². The summed E-state index contributed by atoms with van der Waals surface area (Å²) in [5.74, 6) is 0.643. The molecule has 7 heteroatoms. The normalized spacial score (nSPS) is 17.4. The van der Waals surface area contributed by atoms with Crippen molar-refractivity contribution in [1.29, 1.82) is 0 Å². The number of halogens is 1. The van der Waals surface area contributed by atoms with Gasteiger partial charge < -0.3 is 9.80 Å². The second kappa shape index (κ2) is 5.95. The molecule has 1 fully saturated rings. The lowest BCUT2D eigenvalue weighted by atomic mass is 9.96. The number of nitrogens with zero attached hydrogens (tertiary/aromatic N) is 4. The maximum atomic E-state index is 12.1. The molecule has 5 nitrogen and oxygen atoms in total. The number of carbonyl (C=O) groups excluding carboxylic acids is 1. The zero-order valence-electron chi connectivity index (χ0n) is 10.6. The van der Waals surface area contributed by atoms with Gasteiger partial charge in [-0.1, -0.05) is 11.3 Å². The summed E-state index contributed by atoms with van der Waals surface area (Å²) >= 11 is 6.84. The van der Waals surface area contributed by atoms with Crippen LogP contribution >= 0.6 is 22.9 Å². The molecule has 2 heterocycles. The van der Waals surface area contributed by atoms with Crippen molar-refractivity contribution in [2.75, 3.05) is 33.7 Å². The van der Waals surface area contributed by atoms with E-state index in [0.29, 0.717) is 15.4 Å². The molecule has 1 aromatic heterocycles. The molecule has 0 saturated carbocycles. The second-order valence-corrected chi connectivity index (χ2v) is 6.42. The van der Waals surface area contributed by atoms with Gasteiger partial charge in [0.25, 0.3) is 5.91 Å². The molecule has 1 amide bonds. The summed E-state index contributed by atoms with van der Waals surface area (Å²) in [6.45, 7) is 2.69. The summed E-state index contributed by atoms with van der Waals surface area (Å²) in [5, 5.41) is 7.86. The Kier molecular flexibility index (Phi) is 4.53. The highest BCUT2D eigenvalue weighted by molar-refractivity contribution is 7.17. The van der Waals surface area contributed by atoms with Gasteiger partial charge in [-0.15, -0.1) is 10.2 Å². The maximum Gasteiger partial charge on any atom is 0.284 e. The Bertz CT molecular complexity index is 415. The molecule has 1 aliphatic rings. The molecular formula is C11H17ClN4OS. The topological polar surface area (TPSA) is 49.3 Å². The molecule has 18 heavy (non-hydrogen) atoms. The Balaban J connectivity index is 1.88. The highest BCUT2D eigenvalue weighted by Gasteiger charge is 2.25. The van der Waals surface area contributed by atoms with Crippen LogP contribution in [-0.4, -0.2) is 59.6 Å². The Morgan fingerprint density at radius 1 is 1.44 bits per heavy atom. The molecular weight excluding hydrogens is 272 g/mol. The van der Waals surface area contributed by atoms with E-state index in [0.717, 1.165) is 43.8 Å². The lowest BCUT2D eigenvalue weighted by molar-refractivity contribution is 0.0677. The minimum Gasteiger partial charge on any atom is -0.337 e. The monoisotopic (exact) mass is 288 g/mol. The predicted octanol–water partition coefficient (Wildman–Crippen LogP) is 1.61. The second-order valence-electron chi connectivity index (χ2n) is 4.86. The van der Waals surface area contributed by atoms with Gasteiger partial charge in [-0.2, -0.15) is 0 Å². The van der Waals surface area contributed by atoms with Crippen molar-refractivity contribution in [3.8, 4) is 0 Å². The molecule has 0 aromatic carbocycles. The van der Waals surface area contributed by atoms with Crippen LogP contribution in [0.4, 0.5) is 0 Å². The van der Waals surface area contributed by atoms with Crippen molar-refractivity contribution < 1.29 is 4.79 Å². The average Bonchev–Trinajstić information content (AvgIpc) is 2.75. The molecule has 0 atom stereocenters. The molecule has 0 N–H and O–H groups in total. The molecule has 2 rings (SSSR count). The molecule has 1 aliphatic heterocycles. The van der Waals surface area contributed by atoms with Crippen molar-refractivity contribution in [1.82, 2.24) is 20.0 Å². The first-order valence-electron chi connectivity index (χ1n) is 5.99. The van der Waals surface area contributed by atoms with Gasteiger partial charge in [0.2, 0.25) is 9.47 Å². The van der Waals surface area contributed by atoms with E-state index in [1.54, 1.807) is 0 Å². The Morgan fingerprint density at radius 2 is 2.11 bits per heavy atom. The van der Waals surface area contributed by atoms with Crippen LogP contribution in [0.5, 0.6) is 0 Å². The summed E-state index contributed by atoms with van der Waals surface area (Å²) in [5.41, 5.74) is 0. The van der Waals surface area contributed by atoms with Crippen molar-refractivity contribution in [3.05, 3.63) is 9.47 Å². The van der Waals surface area contributed by atoms with Crippen LogP contribution in [0, 0.1) is 5.92 Å². The Labute approximate surface area is 116 Å². The molecule has 1 aromatic rings. The van der Waals surface area contributed by atoms with Crippen LogP contribution in [0.1, 0.15) is 22.6 Å². The standard InChI is InChI=1S/C11H17ClN4OS/c1-15(2)7-8-3-5-16(6-4-8)10(17)9-13-14-11(12)18-9/h8H,3-7H2,1-2H3. The molecule has 0 bridgehead atoms. The molecule has 0 aliphatic carbocycles. The fourth-order valence-electron chi connectivity index (χ4n) is 2.26. The van der Waals surface area contributed by atoms with E-state index in [4.69, 9.17) is 11.6 Å². The first-order valence-corrected chi connectivity index (χ1v) is 7.18.